The lowest BCUT2D eigenvalue weighted by Gasteiger charge is -2.28. The van der Waals surface area contributed by atoms with Gasteiger partial charge in [0.15, 0.2) is 0 Å². The van der Waals surface area contributed by atoms with Crippen LogP contribution in [-0.4, -0.2) is 0 Å². The predicted molar refractivity (Wildman–Crippen MR) is 177 cm³/mol. The first-order chi connectivity index (χ1) is 18.8. The predicted octanol–water partition coefficient (Wildman–Crippen LogP) is 11.8. The molecular weight excluding hydrogens is 482 g/mol. The third kappa shape index (κ3) is 6.58. The lowest BCUT2D eigenvalue weighted by Crippen LogP contribution is -2.13. The van der Waals surface area contributed by atoms with E-state index in [-0.39, 0.29) is 10.8 Å². The molecule has 208 valence electrons. The van der Waals surface area contributed by atoms with Crippen molar-refractivity contribution in [2.75, 3.05) is 4.90 Å². The lowest BCUT2D eigenvalue weighted by atomic mass is 9.85. The maximum atomic E-state index is 2.43. The molecule has 0 aliphatic carbocycles. The molecule has 1 nitrogen and oxygen atoms in total. The molecule has 0 unspecified atom stereocenters. The Hall–Kier alpha value is -3.58. The summed E-state index contributed by atoms with van der Waals surface area (Å²) >= 11 is 0. The van der Waals surface area contributed by atoms with Crippen molar-refractivity contribution in [1.82, 2.24) is 0 Å². The highest BCUT2D eigenvalue weighted by atomic mass is 15.1. The van der Waals surface area contributed by atoms with Crippen LogP contribution in [0.2, 0.25) is 0 Å². The standard InChI is InChI=1S/C39H47N/c1-27(2)30-17-23-34(24-18-30)40(33-21-14-28(3)15-22-33)37-13-11-12-31(38(5,6)7)19-16-29(4)35-25-20-32(26-36(35)37)39(8,9)10/h11-27H,1-10H3. The van der Waals surface area contributed by atoms with Crippen LogP contribution in [0.25, 0.3) is 10.8 Å². The molecular formula is C39H47N. The van der Waals surface area contributed by atoms with Gasteiger partial charge in [-0.15, -0.1) is 0 Å². The first kappa shape index (κ1) is 29.4. The van der Waals surface area contributed by atoms with Crippen LogP contribution in [0.1, 0.15) is 89.1 Å². The second-order valence-electron chi connectivity index (χ2n) is 13.6. The second kappa shape index (κ2) is 11.5. The molecule has 1 heteroatoms. The average Bonchev–Trinajstić information content (AvgIpc) is 2.89. The molecule has 0 saturated heterocycles. The summed E-state index contributed by atoms with van der Waals surface area (Å²) in [6.07, 6.45) is 0. The largest absolute Gasteiger partial charge is 0.310 e. The van der Waals surface area contributed by atoms with Gasteiger partial charge in [-0.3, -0.25) is 0 Å². The first-order valence-electron chi connectivity index (χ1n) is 14.6. The van der Waals surface area contributed by atoms with Crippen molar-refractivity contribution in [2.24, 2.45) is 0 Å². The third-order valence-electron chi connectivity index (χ3n) is 7.85. The number of hydrogen-bond donors (Lipinski definition) is 0. The van der Waals surface area contributed by atoms with Gasteiger partial charge in [0.1, 0.15) is 0 Å². The molecule has 4 aromatic rings. The van der Waals surface area contributed by atoms with Gasteiger partial charge in [-0.25, -0.2) is 0 Å². The molecule has 0 amide bonds. The molecule has 0 atom stereocenters. The lowest BCUT2D eigenvalue weighted by molar-refractivity contribution is 0.590. The highest BCUT2D eigenvalue weighted by Gasteiger charge is 2.19. The van der Waals surface area contributed by atoms with Gasteiger partial charge in [0, 0.05) is 16.8 Å². The van der Waals surface area contributed by atoms with Gasteiger partial charge in [-0.2, -0.15) is 0 Å². The Morgan fingerprint density at radius 3 is 1.65 bits per heavy atom. The van der Waals surface area contributed by atoms with E-state index in [1.165, 1.54) is 44.3 Å². The fourth-order valence-electron chi connectivity index (χ4n) is 5.08. The molecule has 4 aromatic carbocycles. The van der Waals surface area contributed by atoms with Gasteiger partial charge in [0.05, 0.1) is 5.69 Å². The average molecular weight is 530 g/mol. The van der Waals surface area contributed by atoms with Crippen LogP contribution < -0.4 is 4.90 Å². The summed E-state index contributed by atoms with van der Waals surface area (Å²) in [7, 11) is 0. The van der Waals surface area contributed by atoms with Crippen LogP contribution in [0, 0.1) is 13.8 Å². The topological polar surface area (TPSA) is 3.24 Å². The SMILES string of the molecule is Cc1ccc(N(c2ccc(C(C)C)cc2)c2cccc(C(C)(C)C)ccc(C)c3ccc(C(C)(C)C)cc23)cc1. The summed E-state index contributed by atoms with van der Waals surface area (Å²) in [5.41, 5.74) is 10.1. The van der Waals surface area contributed by atoms with E-state index in [9.17, 15) is 0 Å². The Labute approximate surface area is 243 Å². The van der Waals surface area contributed by atoms with E-state index < -0.39 is 0 Å². The molecule has 0 bridgehead atoms. The van der Waals surface area contributed by atoms with Gasteiger partial charge in [0.2, 0.25) is 0 Å². The molecule has 0 aliphatic heterocycles. The molecule has 0 heterocycles. The number of hydrogen-bond acceptors (Lipinski definition) is 1. The number of aryl methyl sites for hydroxylation is 2. The van der Waals surface area contributed by atoms with Gasteiger partial charge >= 0.3 is 0 Å². The molecule has 0 aliphatic rings. The minimum Gasteiger partial charge on any atom is -0.310 e. The minimum atomic E-state index is 0.0375. The van der Waals surface area contributed by atoms with Crippen LogP contribution >= 0.6 is 0 Å². The summed E-state index contributed by atoms with van der Waals surface area (Å²) in [6, 6.07) is 36.4. The molecule has 0 fully saturated rings. The van der Waals surface area contributed by atoms with E-state index >= 15 is 0 Å². The van der Waals surface area contributed by atoms with Crippen LogP contribution in [-0.2, 0) is 10.8 Å². The number of benzene rings is 3. The van der Waals surface area contributed by atoms with Gasteiger partial charge in [-0.05, 0) is 94.6 Å². The fourth-order valence-corrected chi connectivity index (χ4v) is 5.08. The first-order valence-corrected chi connectivity index (χ1v) is 14.6. The van der Waals surface area contributed by atoms with Crippen molar-refractivity contribution < 1.29 is 0 Å². The van der Waals surface area contributed by atoms with E-state index in [1.807, 2.05) is 0 Å². The number of nitrogens with zero attached hydrogens (tertiary/aromatic N) is 1. The summed E-state index contributed by atoms with van der Waals surface area (Å²) in [6.45, 7) is 22.6. The number of rotatable bonds is 4. The Morgan fingerprint density at radius 2 is 1.10 bits per heavy atom. The summed E-state index contributed by atoms with van der Waals surface area (Å²) in [5, 5.41) is 2.50. The molecule has 0 aromatic heterocycles. The summed E-state index contributed by atoms with van der Waals surface area (Å²) in [5.74, 6) is 0.489. The van der Waals surface area contributed by atoms with Gasteiger partial charge in [0.25, 0.3) is 0 Å². The van der Waals surface area contributed by atoms with Crippen molar-refractivity contribution in [3.63, 3.8) is 0 Å². The van der Waals surface area contributed by atoms with Crippen LogP contribution in [0.5, 0.6) is 0 Å². The van der Waals surface area contributed by atoms with E-state index in [4.69, 9.17) is 0 Å². The maximum Gasteiger partial charge on any atom is 0.0540 e. The second-order valence-corrected chi connectivity index (χ2v) is 13.6. The van der Waals surface area contributed by atoms with Crippen molar-refractivity contribution in [3.05, 3.63) is 125 Å². The quantitative estimate of drug-likeness (QED) is 0.254. The van der Waals surface area contributed by atoms with Crippen LogP contribution in [0.4, 0.5) is 17.1 Å². The van der Waals surface area contributed by atoms with Crippen molar-refractivity contribution in [3.8, 4) is 0 Å². The Bertz CT molecular complexity index is 1520. The highest BCUT2D eigenvalue weighted by Crippen LogP contribution is 2.40. The molecule has 4 rings (SSSR count). The zero-order valence-corrected chi connectivity index (χ0v) is 26.3. The van der Waals surface area contributed by atoms with Crippen molar-refractivity contribution in [2.45, 2.75) is 86.0 Å². The number of anilines is 3. The summed E-state index contributed by atoms with van der Waals surface area (Å²) < 4.78 is 0. The molecule has 0 N–H and O–H groups in total. The van der Waals surface area contributed by atoms with Crippen molar-refractivity contribution >= 4 is 27.8 Å². The molecule has 40 heavy (non-hydrogen) atoms. The van der Waals surface area contributed by atoms with E-state index in [2.05, 4.69) is 171 Å². The van der Waals surface area contributed by atoms with Crippen molar-refractivity contribution in [1.29, 1.82) is 0 Å². The number of fused-ring (bicyclic) bond motifs is 1. The Balaban J connectivity index is 2.17. The highest BCUT2D eigenvalue weighted by molar-refractivity contribution is 5.99. The molecule has 0 saturated carbocycles. The van der Waals surface area contributed by atoms with E-state index in [1.54, 1.807) is 0 Å². The smallest absolute Gasteiger partial charge is 0.0540 e. The van der Waals surface area contributed by atoms with Crippen LogP contribution in [0.15, 0.2) is 97.1 Å². The Morgan fingerprint density at radius 1 is 0.550 bits per heavy atom. The van der Waals surface area contributed by atoms with Gasteiger partial charge < -0.3 is 4.90 Å². The zero-order valence-electron chi connectivity index (χ0n) is 26.3. The Kier molecular flexibility index (Phi) is 8.45. The monoisotopic (exact) mass is 529 g/mol. The zero-order chi connectivity index (χ0) is 29.2. The molecule has 0 radical (unpaired) electrons. The van der Waals surface area contributed by atoms with E-state index in [0.29, 0.717) is 5.92 Å². The summed E-state index contributed by atoms with van der Waals surface area (Å²) in [4.78, 5) is 2.43. The maximum absolute atomic E-state index is 2.43. The van der Waals surface area contributed by atoms with Crippen LogP contribution in [0.3, 0.4) is 0 Å². The third-order valence-corrected chi connectivity index (χ3v) is 7.85. The van der Waals surface area contributed by atoms with E-state index in [0.717, 1.165) is 11.4 Å². The minimum absolute atomic E-state index is 0.0375. The molecule has 0 spiro atoms. The van der Waals surface area contributed by atoms with Gasteiger partial charge in [-0.1, -0.05) is 122 Å². The normalized spacial score (nSPS) is 12.0. The fraction of sp³-hybridized carbons (Fsp3) is 0.333.